The fraction of sp³-hybridized carbons (Fsp3) is 0.824. The van der Waals surface area contributed by atoms with Gasteiger partial charge in [-0.05, 0) is 77.0 Å². The summed E-state index contributed by atoms with van der Waals surface area (Å²) in [6.45, 7) is 4.64. The molecule has 83 heavy (non-hydrogen) atoms. The van der Waals surface area contributed by atoms with Crippen molar-refractivity contribution in [2.24, 2.45) is 0 Å². The first-order chi connectivity index (χ1) is 40.6. The Morgan fingerprint density at radius 2 is 0.687 bits per heavy atom. The van der Waals surface area contributed by atoms with Crippen LogP contribution in [0, 0.1) is 0 Å². The molecule has 0 aromatic carbocycles. The lowest BCUT2D eigenvalue weighted by Gasteiger charge is -2.26. The third-order valence-electron chi connectivity index (χ3n) is 15.7. The lowest BCUT2D eigenvalue weighted by atomic mass is 10.0. The maximum atomic E-state index is 12.9. The Bertz CT molecular complexity index is 1550. The number of quaternary nitrogens is 1. The number of ether oxygens (including phenoxy) is 4. The predicted molar refractivity (Wildman–Crippen MR) is 352 cm³/mol. The summed E-state index contributed by atoms with van der Waals surface area (Å²) in [7, 11) is 5.92. The van der Waals surface area contributed by atoms with Crippen molar-refractivity contribution < 1.29 is 42.9 Å². The van der Waals surface area contributed by atoms with Crippen molar-refractivity contribution in [3.8, 4) is 0 Å². The number of hydrogen-bond donors (Lipinski definition) is 0. The van der Waals surface area contributed by atoms with E-state index in [2.05, 4.69) is 74.6 Å². The van der Waals surface area contributed by atoms with Gasteiger partial charge in [0, 0.05) is 12.8 Å². The molecule has 9 nitrogen and oxygen atoms in total. The Labute approximate surface area is 514 Å². The van der Waals surface area contributed by atoms with Crippen LogP contribution in [-0.4, -0.2) is 82.3 Å². The smallest absolute Gasteiger partial charge is 0.306 e. The second-order valence-corrected chi connectivity index (χ2v) is 25.1. The van der Waals surface area contributed by atoms with Gasteiger partial charge >= 0.3 is 11.9 Å². The monoisotopic (exact) mass is 1170 g/mol. The van der Waals surface area contributed by atoms with Crippen LogP contribution in [-0.2, 0) is 33.3 Å². The van der Waals surface area contributed by atoms with E-state index in [1.165, 1.54) is 231 Å². The quantitative estimate of drug-likeness (QED) is 0.0195. The molecule has 0 fully saturated rings. The van der Waals surface area contributed by atoms with Crippen LogP contribution in [0.5, 0.6) is 0 Å². The second kappa shape index (κ2) is 65.0. The average Bonchev–Trinajstić information content (AvgIpc) is 3.46. The first-order valence-electron chi connectivity index (χ1n) is 35.4. The number of carboxylic acid groups (broad SMARTS) is 1. The molecule has 2 unspecified atom stereocenters. The molecule has 0 amide bonds. The lowest BCUT2D eigenvalue weighted by molar-refractivity contribution is -0.870. The summed E-state index contributed by atoms with van der Waals surface area (Å²) in [4.78, 5) is 37.4. The zero-order chi connectivity index (χ0) is 60.5. The van der Waals surface area contributed by atoms with Gasteiger partial charge in [0.15, 0.2) is 12.4 Å². The SMILES string of the molecule is CC/C=C\C/C=C\C/C=C\C/C=C\CCCCCCC(=O)OC(COC(=O)CCCCCCCCCCCCCCCCCCCCCCCCCCCCCCC/C=C\CCCCCCCCCC)COC(OCC[N+](C)(C)C)C(=O)[O-]. The maximum absolute atomic E-state index is 12.9. The zero-order valence-corrected chi connectivity index (χ0v) is 55.3. The molecule has 0 spiro atoms. The van der Waals surface area contributed by atoms with Gasteiger partial charge in [0.2, 0.25) is 0 Å². The number of carbonyl (C=O) groups excluding carboxylic acids is 3. The Morgan fingerprint density at radius 1 is 0.373 bits per heavy atom. The highest BCUT2D eigenvalue weighted by Gasteiger charge is 2.22. The van der Waals surface area contributed by atoms with Crippen molar-refractivity contribution in [1.29, 1.82) is 0 Å². The number of hydrogen-bond acceptors (Lipinski definition) is 8. The largest absolute Gasteiger partial charge is 0.545 e. The molecular formula is C74H135NO8. The van der Waals surface area contributed by atoms with Crippen LogP contribution < -0.4 is 5.11 Å². The van der Waals surface area contributed by atoms with Crippen LogP contribution in [0.25, 0.3) is 0 Å². The molecule has 0 aliphatic rings. The number of nitrogens with zero attached hydrogens (tertiary/aromatic N) is 1. The number of likely N-dealkylation sites (N-methyl/N-ethyl adjacent to an activating group) is 1. The number of esters is 2. The van der Waals surface area contributed by atoms with E-state index in [1.807, 2.05) is 21.1 Å². The molecular weight excluding hydrogens is 1030 g/mol. The lowest BCUT2D eigenvalue weighted by Crippen LogP contribution is -2.44. The maximum Gasteiger partial charge on any atom is 0.306 e. The molecule has 0 aromatic heterocycles. The molecule has 0 radical (unpaired) electrons. The van der Waals surface area contributed by atoms with Crippen molar-refractivity contribution in [2.75, 3.05) is 47.5 Å². The summed E-state index contributed by atoms with van der Waals surface area (Å²) in [5, 5.41) is 11.8. The zero-order valence-electron chi connectivity index (χ0n) is 55.3. The van der Waals surface area contributed by atoms with Gasteiger partial charge in [-0.1, -0.05) is 306 Å². The minimum atomic E-state index is -1.63. The summed E-state index contributed by atoms with van der Waals surface area (Å²) in [5.41, 5.74) is 0. The number of carboxylic acids is 1. The Balaban J connectivity index is 3.91. The predicted octanol–water partition coefficient (Wildman–Crippen LogP) is 20.6. The number of allylic oxidation sites excluding steroid dienone is 10. The summed E-state index contributed by atoms with van der Waals surface area (Å²) < 4.78 is 22.7. The fourth-order valence-corrected chi connectivity index (χ4v) is 10.4. The minimum absolute atomic E-state index is 0.142. The standard InChI is InChI=1S/C74H135NO8/c1-6-8-10-12-14-16-18-20-22-24-25-26-27-28-29-30-31-32-33-34-35-36-37-38-39-40-41-42-43-44-45-46-47-49-50-52-54-56-58-60-62-64-71(76)81-68-70(69-82-74(73(78)79)80-67-66-75(3,4)5)83-72(77)65-63-61-59-57-55-53-51-48-23-21-19-17-15-13-11-9-7-2/h9,11,15,17,21,23-25,51,53,70,74H,6-8,10,12-14,16,18-20,22,26-50,52,54-69H2,1-5H3/b11-9-,17-15-,23-21-,25-24-,53-51-. The Morgan fingerprint density at radius 3 is 1.04 bits per heavy atom. The molecule has 0 aromatic rings. The molecule has 0 N–H and O–H groups in total. The molecule has 0 saturated heterocycles. The molecule has 9 heteroatoms. The van der Waals surface area contributed by atoms with Gasteiger partial charge in [0.1, 0.15) is 13.2 Å². The normalized spacial score (nSPS) is 13.0. The van der Waals surface area contributed by atoms with Crippen molar-refractivity contribution in [3.63, 3.8) is 0 Å². The van der Waals surface area contributed by atoms with E-state index in [4.69, 9.17) is 18.9 Å². The summed E-state index contributed by atoms with van der Waals surface area (Å²) in [6, 6.07) is 0. The molecule has 0 aliphatic carbocycles. The van der Waals surface area contributed by atoms with Crippen LogP contribution in [0.1, 0.15) is 335 Å². The number of unbranched alkanes of at least 4 members (excludes halogenated alkanes) is 41. The van der Waals surface area contributed by atoms with Crippen LogP contribution in [0.15, 0.2) is 60.8 Å². The summed E-state index contributed by atoms with van der Waals surface area (Å²) in [6.07, 6.45) is 82.0. The van der Waals surface area contributed by atoms with Crippen LogP contribution >= 0.6 is 0 Å². The van der Waals surface area contributed by atoms with Gasteiger partial charge in [0.05, 0.1) is 40.3 Å². The molecule has 0 rings (SSSR count). The number of rotatable bonds is 66. The van der Waals surface area contributed by atoms with Crippen molar-refractivity contribution in [3.05, 3.63) is 60.8 Å². The average molecular weight is 1170 g/mol. The van der Waals surface area contributed by atoms with Crippen molar-refractivity contribution in [2.45, 2.75) is 347 Å². The number of carbonyl (C=O) groups is 3. The third kappa shape index (κ3) is 66.4. The van der Waals surface area contributed by atoms with E-state index in [0.717, 1.165) is 70.6 Å². The van der Waals surface area contributed by atoms with Gasteiger partial charge in [-0.3, -0.25) is 9.59 Å². The van der Waals surface area contributed by atoms with Gasteiger partial charge in [-0.15, -0.1) is 0 Å². The second-order valence-electron chi connectivity index (χ2n) is 25.1. The van der Waals surface area contributed by atoms with Gasteiger partial charge in [0.25, 0.3) is 0 Å². The van der Waals surface area contributed by atoms with E-state index in [9.17, 15) is 19.5 Å². The Kier molecular flexibility index (Phi) is 62.6. The highest BCUT2D eigenvalue weighted by Crippen LogP contribution is 2.18. The third-order valence-corrected chi connectivity index (χ3v) is 15.7. The Hall–Kier alpha value is -3.01. The molecule has 0 heterocycles. The molecule has 0 aliphatic heterocycles. The molecule has 0 saturated carbocycles. The van der Waals surface area contributed by atoms with Crippen molar-refractivity contribution >= 4 is 17.9 Å². The van der Waals surface area contributed by atoms with E-state index < -0.39 is 24.3 Å². The van der Waals surface area contributed by atoms with Crippen LogP contribution in [0.3, 0.4) is 0 Å². The first kappa shape index (κ1) is 80.0. The topological polar surface area (TPSA) is 111 Å². The van der Waals surface area contributed by atoms with Gasteiger partial charge in [-0.25, -0.2) is 0 Å². The first-order valence-corrected chi connectivity index (χ1v) is 35.4. The minimum Gasteiger partial charge on any atom is -0.545 e. The highest BCUT2D eigenvalue weighted by molar-refractivity contribution is 5.70. The highest BCUT2D eigenvalue weighted by atomic mass is 16.7. The van der Waals surface area contributed by atoms with E-state index in [-0.39, 0.29) is 38.6 Å². The van der Waals surface area contributed by atoms with Gasteiger partial charge in [-0.2, -0.15) is 0 Å². The van der Waals surface area contributed by atoms with Gasteiger partial charge < -0.3 is 33.3 Å². The van der Waals surface area contributed by atoms with Crippen molar-refractivity contribution in [1.82, 2.24) is 0 Å². The van der Waals surface area contributed by atoms with E-state index >= 15 is 0 Å². The van der Waals surface area contributed by atoms with E-state index in [0.29, 0.717) is 17.4 Å². The van der Waals surface area contributed by atoms with Crippen LogP contribution in [0.4, 0.5) is 0 Å². The summed E-state index contributed by atoms with van der Waals surface area (Å²) >= 11 is 0. The molecule has 0 bridgehead atoms. The molecule has 484 valence electrons. The van der Waals surface area contributed by atoms with Crippen LogP contribution in [0.2, 0.25) is 0 Å². The summed E-state index contributed by atoms with van der Waals surface area (Å²) in [5.74, 6) is -2.30. The van der Waals surface area contributed by atoms with E-state index in [1.54, 1.807) is 0 Å². The molecule has 2 atom stereocenters. The number of aliphatic carboxylic acids is 1. The fourth-order valence-electron chi connectivity index (χ4n) is 10.4.